The molecule has 0 bridgehead atoms. The lowest BCUT2D eigenvalue weighted by Crippen LogP contribution is -2.56. The van der Waals surface area contributed by atoms with E-state index < -0.39 is 0 Å². The van der Waals surface area contributed by atoms with Gasteiger partial charge in [0.05, 0.1) is 0 Å². The average molecular weight is 287 g/mol. The second kappa shape index (κ2) is 5.47. The first-order chi connectivity index (χ1) is 8.47. The Hall–Kier alpha value is -0.770. The van der Waals surface area contributed by atoms with Crippen LogP contribution in [-0.2, 0) is 0 Å². The van der Waals surface area contributed by atoms with Gasteiger partial charge in [0, 0.05) is 40.8 Å². The Morgan fingerprint density at radius 2 is 1.89 bits per heavy atom. The molecule has 1 aliphatic rings. The van der Waals surface area contributed by atoms with Crippen LogP contribution < -0.4 is 5.32 Å². The van der Waals surface area contributed by atoms with Gasteiger partial charge in [0.1, 0.15) is 0 Å². The summed E-state index contributed by atoms with van der Waals surface area (Å²) in [5.74, 6) is -0.0137. The number of rotatable bonds is 1. The maximum absolute atomic E-state index is 12.4. The number of carbonyl (C=O) groups excluding carboxylic acids is 1. The lowest BCUT2D eigenvalue weighted by atomic mass is 10.1. The Morgan fingerprint density at radius 1 is 1.28 bits per heavy atom. The van der Waals surface area contributed by atoms with Crippen molar-refractivity contribution < 1.29 is 4.79 Å². The molecule has 1 saturated heterocycles. The Kier molecular flexibility index (Phi) is 4.15. The van der Waals surface area contributed by atoms with Crippen LogP contribution in [0.4, 0.5) is 0 Å². The van der Waals surface area contributed by atoms with E-state index in [1.165, 1.54) is 0 Å². The van der Waals surface area contributed by atoms with Crippen LogP contribution in [0.5, 0.6) is 0 Å². The third-order valence-electron chi connectivity index (χ3n) is 3.13. The van der Waals surface area contributed by atoms with Gasteiger partial charge in [0.25, 0.3) is 5.91 Å². The number of amides is 1. The van der Waals surface area contributed by atoms with E-state index in [9.17, 15) is 4.79 Å². The Morgan fingerprint density at radius 3 is 2.50 bits per heavy atom. The van der Waals surface area contributed by atoms with Gasteiger partial charge in [0.15, 0.2) is 0 Å². The molecule has 2 atom stereocenters. The monoisotopic (exact) mass is 286 g/mol. The molecule has 1 aromatic carbocycles. The van der Waals surface area contributed by atoms with Crippen LogP contribution in [0.2, 0.25) is 10.0 Å². The van der Waals surface area contributed by atoms with Gasteiger partial charge in [0.2, 0.25) is 0 Å². The molecule has 0 spiro atoms. The van der Waals surface area contributed by atoms with Gasteiger partial charge in [-0.1, -0.05) is 23.2 Å². The lowest BCUT2D eigenvalue weighted by molar-refractivity contribution is 0.0616. The predicted molar refractivity (Wildman–Crippen MR) is 74.4 cm³/mol. The van der Waals surface area contributed by atoms with Crippen molar-refractivity contribution in [2.24, 2.45) is 0 Å². The minimum absolute atomic E-state index is 0.0137. The number of hydrogen-bond donors (Lipinski definition) is 1. The summed E-state index contributed by atoms with van der Waals surface area (Å²) in [6.07, 6.45) is 0. The molecule has 1 heterocycles. The molecule has 98 valence electrons. The molecule has 0 radical (unpaired) electrons. The summed E-state index contributed by atoms with van der Waals surface area (Å²) < 4.78 is 0. The van der Waals surface area contributed by atoms with Gasteiger partial charge < -0.3 is 10.2 Å². The molecule has 5 heteroatoms. The first-order valence-corrected chi connectivity index (χ1v) is 6.73. The second-order valence-corrected chi connectivity index (χ2v) is 5.65. The number of hydrogen-bond acceptors (Lipinski definition) is 2. The second-order valence-electron chi connectivity index (χ2n) is 4.77. The highest BCUT2D eigenvalue weighted by Gasteiger charge is 2.27. The molecule has 2 rings (SSSR count). The zero-order valence-corrected chi connectivity index (χ0v) is 11.9. The van der Waals surface area contributed by atoms with Crippen LogP contribution in [0.25, 0.3) is 0 Å². The zero-order chi connectivity index (χ0) is 13.3. The molecule has 1 amide bonds. The van der Waals surface area contributed by atoms with Gasteiger partial charge >= 0.3 is 0 Å². The van der Waals surface area contributed by atoms with E-state index in [4.69, 9.17) is 23.2 Å². The van der Waals surface area contributed by atoms with Crippen LogP contribution in [0.1, 0.15) is 24.2 Å². The summed E-state index contributed by atoms with van der Waals surface area (Å²) in [5, 5.41) is 4.32. The minimum Gasteiger partial charge on any atom is -0.333 e. The van der Waals surface area contributed by atoms with Crippen molar-refractivity contribution in [3.8, 4) is 0 Å². The summed E-state index contributed by atoms with van der Waals surface area (Å²) >= 11 is 11.9. The van der Waals surface area contributed by atoms with E-state index in [1.54, 1.807) is 18.2 Å². The molecule has 18 heavy (non-hydrogen) atoms. The fourth-order valence-corrected chi connectivity index (χ4v) is 2.67. The van der Waals surface area contributed by atoms with Crippen LogP contribution in [-0.4, -0.2) is 36.0 Å². The fourth-order valence-electron chi connectivity index (χ4n) is 2.15. The summed E-state index contributed by atoms with van der Waals surface area (Å²) in [6.45, 7) is 5.60. The first kappa shape index (κ1) is 13.7. The fraction of sp³-hybridized carbons (Fsp3) is 0.462. The highest BCUT2D eigenvalue weighted by molar-refractivity contribution is 6.35. The maximum atomic E-state index is 12.4. The van der Waals surface area contributed by atoms with Crippen LogP contribution in [0.15, 0.2) is 18.2 Å². The van der Waals surface area contributed by atoms with Gasteiger partial charge in [-0.15, -0.1) is 0 Å². The Balaban J connectivity index is 2.24. The van der Waals surface area contributed by atoms with Gasteiger partial charge in [-0.3, -0.25) is 4.79 Å². The van der Waals surface area contributed by atoms with Crippen molar-refractivity contribution in [1.29, 1.82) is 0 Å². The smallest absolute Gasteiger partial charge is 0.254 e. The van der Waals surface area contributed by atoms with E-state index in [-0.39, 0.29) is 11.9 Å². The number of nitrogens with zero attached hydrogens (tertiary/aromatic N) is 1. The third-order valence-corrected chi connectivity index (χ3v) is 3.57. The molecule has 0 aromatic heterocycles. The van der Waals surface area contributed by atoms with E-state index >= 15 is 0 Å². The van der Waals surface area contributed by atoms with Crippen molar-refractivity contribution in [2.75, 3.05) is 13.1 Å². The number of benzene rings is 1. The summed E-state index contributed by atoms with van der Waals surface area (Å²) in [4.78, 5) is 14.3. The van der Waals surface area contributed by atoms with E-state index in [0.29, 0.717) is 28.2 Å². The van der Waals surface area contributed by atoms with Crippen molar-refractivity contribution >= 4 is 29.1 Å². The molecule has 1 fully saturated rings. The number of piperazine rings is 1. The molecule has 1 aromatic rings. The number of carbonyl (C=O) groups is 1. The average Bonchev–Trinajstić information content (AvgIpc) is 2.30. The van der Waals surface area contributed by atoms with E-state index in [2.05, 4.69) is 12.2 Å². The van der Waals surface area contributed by atoms with Crippen LogP contribution >= 0.6 is 23.2 Å². The standard InChI is InChI=1S/C13H16Cl2N2O/c1-8-7-17(9(2)6-16-8)13(18)10-3-11(14)5-12(15)4-10/h3-5,8-9,16H,6-7H2,1-2H3. The van der Waals surface area contributed by atoms with Crippen LogP contribution in [0, 0.1) is 0 Å². The minimum atomic E-state index is -0.0137. The molecule has 1 N–H and O–H groups in total. The third kappa shape index (κ3) is 2.97. The van der Waals surface area contributed by atoms with Crippen molar-refractivity contribution in [3.05, 3.63) is 33.8 Å². The molecular formula is C13H16Cl2N2O. The first-order valence-electron chi connectivity index (χ1n) is 5.98. The highest BCUT2D eigenvalue weighted by Crippen LogP contribution is 2.21. The quantitative estimate of drug-likeness (QED) is 0.861. The topological polar surface area (TPSA) is 32.3 Å². The molecule has 1 aliphatic heterocycles. The molecule has 2 unspecified atom stereocenters. The number of nitrogens with one attached hydrogen (secondary N) is 1. The summed E-state index contributed by atoms with van der Waals surface area (Å²) in [7, 11) is 0. The molecular weight excluding hydrogens is 271 g/mol. The summed E-state index contributed by atoms with van der Waals surface area (Å²) in [6, 6.07) is 5.43. The highest BCUT2D eigenvalue weighted by atomic mass is 35.5. The van der Waals surface area contributed by atoms with Crippen molar-refractivity contribution in [1.82, 2.24) is 10.2 Å². The maximum Gasteiger partial charge on any atom is 0.254 e. The Bertz CT molecular complexity index is 444. The van der Waals surface area contributed by atoms with E-state index in [1.807, 2.05) is 11.8 Å². The SMILES string of the molecule is CC1CN(C(=O)c2cc(Cl)cc(Cl)c2)C(C)CN1. The molecule has 3 nitrogen and oxygen atoms in total. The summed E-state index contributed by atoms with van der Waals surface area (Å²) in [5.41, 5.74) is 0.549. The van der Waals surface area contributed by atoms with Gasteiger partial charge in [-0.2, -0.15) is 0 Å². The Labute approximate surface area is 117 Å². The van der Waals surface area contributed by atoms with Gasteiger partial charge in [-0.25, -0.2) is 0 Å². The lowest BCUT2D eigenvalue weighted by Gasteiger charge is -2.37. The normalized spacial score (nSPS) is 24.1. The van der Waals surface area contributed by atoms with Crippen molar-refractivity contribution in [3.63, 3.8) is 0 Å². The number of halogens is 2. The van der Waals surface area contributed by atoms with E-state index in [0.717, 1.165) is 6.54 Å². The zero-order valence-electron chi connectivity index (χ0n) is 10.4. The predicted octanol–water partition coefficient (Wildman–Crippen LogP) is 2.82. The largest absolute Gasteiger partial charge is 0.333 e. The molecule has 0 saturated carbocycles. The molecule has 0 aliphatic carbocycles. The van der Waals surface area contributed by atoms with Crippen molar-refractivity contribution in [2.45, 2.75) is 25.9 Å². The van der Waals surface area contributed by atoms with Crippen LogP contribution in [0.3, 0.4) is 0 Å². The van der Waals surface area contributed by atoms with Gasteiger partial charge in [-0.05, 0) is 32.0 Å².